The summed E-state index contributed by atoms with van der Waals surface area (Å²) in [5.74, 6) is 0.937. The van der Waals surface area contributed by atoms with E-state index in [4.69, 9.17) is 9.47 Å². The van der Waals surface area contributed by atoms with Gasteiger partial charge in [-0.2, -0.15) is 0 Å². The third-order valence-electron chi connectivity index (χ3n) is 5.56. The summed E-state index contributed by atoms with van der Waals surface area (Å²) >= 11 is 0. The molecule has 2 amide bonds. The van der Waals surface area contributed by atoms with Crippen molar-refractivity contribution < 1.29 is 19.1 Å². The van der Waals surface area contributed by atoms with Gasteiger partial charge in [-0.25, -0.2) is 0 Å². The topological polar surface area (TPSA) is 67.9 Å². The van der Waals surface area contributed by atoms with Crippen LogP contribution in [0.25, 0.3) is 0 Å². The Labute approximate surface area is 185 Å². The summed E-state index contributed by atoms with van der Waals surface area (Å²) in [7, 11) is 1.60. The first-order valence-corrected chi connectivity index (χ1v) is 10.7. The maximum absolute atomic E-state index is 13.2. The second-order valence-electron chi connectivity index (χ2n) is 7.85. The van der Waals surface area contributed by atoms with Crippen LogP contribution in [0.4, 0.5) is 0 Å². The van der Waals surface area contributed by atoms with E-state index in [0.29, 0.717) is 11.5 Å². The molecule has 6 nitrogen and oxygen atoms in total. The predicted molar refractivity (Wildman–Crippen MR) is 122 cm³/mol. The van der Waals surface area contributed by atoms with Crippen LogP contribution in [0.1, 0.15) is 43.9 Å². The Morgan fingerprint density at radius 1 is 1.10 bits per heavy atom. The summed E-state index contributed by atoms with van der Waals surface area (Å²) in [6, 6.07) is 12.6. The Hall–Kier alpha value is -3.02. The lowest BCUT2D eigenvalue weighted by atomic mass is 10.1. The maximum atomic E-state index is 13.2. The Bertz CT molecular complexity index is 897. The highest BCUT2D eigenvalue weighted by Crippen LogP contribution is 2.21. The van der Waals surface area contributed by atoms with Gasteiger partial charge in [-0.1, -0.05) is 31.2 Å². The van der Waals surface area contributed by atoms with Gasteiger partial charge in [0, 0.05) is 12.6 Å². The van der Waals surface area contributed by atoms with E-state index in [2.05, 4.69) is 5.32 Å². The molecule has 0 aliphatic carbocycles. The van der Waals surface area contributed by atoms with Crippen LogP contribution in [0.5, 0.6) is 11.5 Å². The number of amides is 2. The Kier molecular flexibility index (Phi) is 8.91. The number of carbonyl (C=O) groups is 2. The largest absolute Gasteiger partial charge is 0.497 e. The van der Waals surface area contributed by atoms with Gasteiger partial charge in [0.2, 0.25) is 5.91 Å². The molecule has 0 aliphatic rings. The fourth-order valence-electron chi connectivity index (χ4n) is 3.12. The van der Waals surface area contributed by atoms with Crippen LogP contribution in [-0.4, -0.2) is 42.5 Å². The molecular weight excluding hydrogens is 392 g/mol. The number of aryl methyl sites for hydroxylation is 1. The van der Waals surface area contributed by atoms with Crippen molar-refractivity contribution in [3.63, 3.8) is 0 Å². The highest BCUT2D eigenvalue weighted by atomic mass is 16.5. The van der Waals surface area contributed by atoms with Crippen molar-refractivity contribution in [2.45, 2.75) is 59.7 Å². The SMILES string of the molecule is CC[C@@H](C)NC(=O)[C@H](C)N(Cc1cccc(OC)c1)C(=O)COc1cccc(C)c1C. The van der Waals surface area contributed by atoms with Crippen LogP contribution in [0.15, 0.2) is 42.5 Å². The zero-order chi connectivity index (χ0) is 23.0. The average molecular weight is 427 g/mol. The van der Waals surface area contributed by atoms with Gasteiger partial charge >= 0.3 is 0 Å². The van der Waals surface area contributed by atoms with Crippen LogP contribution < -0.4 is 14.8 Å². The quantitative estimate of drug-likeness (QED) is 0.623. The molecule has 1 N–H and O–H groups in total. The van der Waals surface area contributed by atoms with Gasteiger partial charge in [0.15, 0.2) is 6.61 Å². The minimum atomic E-state index is -0.644. The molecule has 0 spiro atoms. The average Bonchev–Trinajstić information content (AvgIpc) is 2.77. The van der Waals surface area contributed by atoms with Crippen molar-refractivity contribution in [1.29, 1.82) is 0 Å². The number of nitrogens with one attached hydrogen (secondary N) is 1. The van der Waals surface area contributed by atoms with E-state index in [1.807, 2.05) is 70.2 Å². The second-order valence-corrected chi connectivity index (χ2v) is 7.85. The van der Waals surface area contributed by atoms with E-state index < -0.39 is 6.04 Å². The van der Waals surface area contributed by atoms with Gasteiger partial charge in [0.25, 0.3) is 5.91 Å². The highest BCUT2D eigenvalue weighted by Gasteiger charge is 2.27. The van der Waals surface area contributed by atoms with Gasteiger partial charge in [-0.15, -0.1) is 0 Å². The number of methoxy groups -OCH3 is 1. The first kappa shape index (κ1) is 24.3. The third-order valence-corrected chi connectivity index (χ3v) is 5.56. The summed E-state index contributed by atoms with van der Waals surface area (Å²) in [6.07, 6.45) is 0.817. The maximum Gasteiger partial charge on any atom is 0.261 e. The Balaban J connectivity index is 2.21. The molecule has 0 radical (unpaired) electrons. The van der Waals surface area contributed by atoms with Crippen molar-refractivity contribution in [2.75, 3.05) is 13.7 Å². The molecule has 6 heteroatoms. The first-order valence-electron chi connectivity index (χ1n) is 10.7. The number of hydrogen-bond acceptors (Lipinski definition) is 4. The number of carbonyl (C=O) groups excluding carboxylic acids is 2. The minimum absolute atomic E-state index is 0.0370. The van der Waals surface area contributed by atoms with Crippen LogP contribution in [0, 0.1) is 13.8 Å². The molecule has 0 aromatic heterocycles. The molecule has 2 rings (SSSR count). The van der Waals surface area contributed by atoms with Crippen molar-refractivity contribution >= 4 is 11.8 Å². The van der Waals surface area contributed by atoms with E-state index in [0.717, 1.165) is 23.1 Å². The number of benzene rings is 2. The summed E-state index contributed by atoms with van der Waals surface area (Å²) in [5.41, 5.74) is 2.97. The smallest absolute Gasteiger partial charge is 0.261 e. The monoisotopic (exact) mass is 426 g/mol. The summed E-state index contributed by atoms with van der Waals surface area (Å²) < 4.78 is 11.1. The molecule has 168 valence electrons. The van der Waals surface area contributed by atoms with Crippen molar-refractivity contribution in [3.8, 4) is 11.5 Å². The molecule has 31 heavy (non-hydrogen) atoms. The van der Waals surface area contributed by atoms with E-state index in [-0.39, 0.29) is 31.0 Å². The Morgan fingerprint density at radius 3 is 2.48 bits per heavy atom. The molecule has 0 bridgehead atoms. The van der Waals surface area contributed by atoms with Crippen LogP contribution >= 0.6 is 0 Å². The first-order chi connectivity index (χ1) is 14.8. The van der Waals surface area contributed by atoms with Crippen LogP contribution in [0.3, 0.4) is 0 Å². The number of hydrogen-bond donors (Lipinski definition) is 1. The van der Waals surface area contributed by atoms with E-state index in [9.17, 15) is 9.59 Å². The summed E-state index contributed by atoms with van der Waals surface area (Å²) in [4.78, 5) is 27.5. The normalized spacial score (nSPS) is 12.6. The van der Waals surface area contributed by atoms with Crippen molar-refractivity contribution in [2.24, 2.45) is 0 Å². The van der Waals surface area contributed by atoms with Gasteiger partial charge in [-0.3, -0.25) is 9.59 Å². The van der Waals surface area contributed by atoms with Crippen LogP contribution in [-0.2, 0) is 16.1 Å². The molecular formula is C25H34N2O4. The van der Waals surface area contributed by atoms with Gasteiger partial charge < -0.3 is 19.7 Å². The zero-order valence-electron chi connectivity index (χ0n) is 19.4. The lowest BCUT2D eigenvalue weighted by molar-refractivity contribution is -0.142. The molecule has 2 atom stereocenters. The molecule has 0 aliphatic heterocycles. The molecule has 0 saturated heterocycles. The van der Waals surface area contributed by atoms with Gasteiger partial charge in [0.05, 0.1) is 7.11 Å². The van der Waals surface area contributed by atoms with E-state index >= 15 is 0 Å². The second kappa shape index (κ2) is 11.4. The summed E-state index contributed by atoms with van der Waals surface area (Å²) in [6.45, 7) is 9.80. The number of ether oxygens (including phenoxy) is 2. The zero-order valence-corrected chi connectivity index (χ0v) is 19.4. The fraction of sp³-hybridized carbons (Fsp3) is 0.440. The molecule has 2 aromatic rings. The minimum Gasteiger partial charge on any atom is -0.497 e. The van der Waals surface area contributed by atoms with Crippen molar-refractivity contribution in [3.05, 3.63) is 59.2 Å². The van der Waals surface area contributed by atoms with E-state index in [1.54, 1.807) is 18.9 Å². The summed E-state index contributed by atoms with van der Waals surface area (Å²) in [5, 5.41) is 2.97. The Morgan fingerprint density at radius 2 is 1.81 bits per heavy atom. The van der Waals surface area contributed by atoms with Crippen molar-refractivity contribution in [1.82, 2.24) is 10.2 Å². The predicted octanol–water partition coefficient (Wildman–Crippen LogP) is 4.02. The van der Waals surface area contributed by atoms with Gasteiger partial charge in [-0.05, 0) is 69.0 Å². The fourth-order valence-corrected chi connectivity index (χ4v) is 3.12. The number of nitrogens with zero attached hydrogens (tertiary/aromatic N) is 1. The molecule has 0 heterocycles. The molecule has 0 fully saturated rings. The lowest BCUT2D eigenvalue weighted by Crippen LogP contribution is -2.50. The van der Waals surface area contributed by atoms with E-state index in [1.165, 1.54) is 0 Å². The van der Waals surface area contributed by atoms with Gasteiger partial charge in [0.1, 0.15) is 17.5 Å². The highest BCUT2D eigenvalue weighted by molar-refractivity contribution is 5.88. The molecule has 0 unspecified atom stereocenters. The molecule has 0 saturated carbocycles. The van der Waals surface area contributed by atoms with Crippen LogP contribution in [0.2, 0.25) is 0 Å². The third kappa shape index (κ3) is 6.74. The standard InChI is InChI=1S/C25H34N2O4/c1-7-18(3)26-25(29)20(5)27(15-21-11-9-12-22(14-21)30-6)24(28)16-31-23-13-8-10-17(2)19(23)4/h8-14,18,20H,7,15-16H2,1-6H3,(H,26,29)/t18-,20+/m1/s1. The molecule has 2 aromatic carbocycles. The number of rotatable bonds is 10. The lowest BCUT2D eigenvalue weighted by Gasteiger charge is -2.29.